The van der Waals surface area contributed by atoms with Crippen molar-refractivity contribution < 1.29 is 9.59 Å². The van der Waals surface area contributed by atoms with E-state index in [-0.39, 0.29) is 17.7 Å². The summed E-state index contributed by atoms with van der Waals surface area (Å²) in [6.45, 7) is 2.93. The van der Waals surface area contributed by atoms with Crippen LogP contribution in [0.1, 0.15) is 28.9 Å². The highest BCUT2D eigenvalue weighted by atomic mass is 32.1. The third-order valence-electron chi connectivity index (χ3n) is 6.09. The minimum Gasteiger partial charge on any atom is -0.338 e. The van der Waals surface area contributed by atoms with Crippen LogP contribution in [0.15, 0.2) is 53.9 Å². The molecule has 1 fully saturated rings. The predicted octanol–water partition coefficient (Wildman–Crippen LogP) is 4.50. The number of amides is 2. The second-order valence-electron chi connectivity index (χ2n) is 8.39. The molecule has 0 saturated carbocycles. The van der Waals surface area contributed by atoms with Gasteiger partial charge in [0.25, 0.3) is 5.91 Å². The molecule has 0 spiro atoms. The first kappa shape index (κ1) is 21.3. The number of carbonyl (C=O) groups excluding carboxylic acids is 2. The number of hydrogen-bond acceptors (Lipinski definition) is 5. The third-order valence-corrected chi connectivity index (χ3v) is 6.99. The first-order chi connectivity index (χ1) is 16.0. The van der Waals surface area contributed by atoms with E-state index < -0.39 is 0 Å². The summed E-state index contributed by atoms with van der Waals surface area (Å²) in [5.74, 6) is -0.365. The summed E-state index contributed by atoms with van der Waals surface area (Å²) >= 11 is 1.59. The van der Waals surface area contributed by atoms with Gasteiger partial charge in [0.05, 0.1) is 33.1 Å². The largest absolute Gasteiger partial charge is 0.338 e. The number of rotatable bonds is 4. The summed E-state index contributed by atoms with van der Waals surface area (Å²) in [6.07, 6.45) is 1.55. The van der Waals surface area contributed by atoms with Crippen molar-refractivity contribution in [2.75, 3.05) is 18.4 Å². The quantitative estimate of drug-likeness (QED) is 0.487. The molecule has 33 heavy (non-hydrogen) atoms. The fraction of sp³-hybridized carbons (Fsp3) is 0.280. The zero-order chi connectivity index (χ0) is 22.9. The maximum Gasteiger partial charge on any atom is 0.254 e. The summed E-state index contributed by atoms with van der Waals surface area (Å²) in [6, 6.07) is 15.3. The van der Waals surface area contributed by atoms with Gasteiger partial charge in [-0.1, -0.05) is 24.3 Å². The SMILES string of the molecule is Cc1nn(C)c2nc(-c3cccs3)cc(C(=O)N3CCCC(C(=O)Nc4ccccc4)C3)c12. The number of aromatic nitrogens is 3. The van der Waals surface area contributed by atoms with E-state index in [1.807, 2.05) is 67.9 Å². The predicted molar refractivity (Wildman–Crippen MR) is 130 cm³/mol. The molecule has 168 valence electrons. The first-order valence-corrected chi connectivity index (χ1v) is 11.9. The van der Waals surface area contributed by atoms with Crippen LogP contribution in [0.25, 0.3) is 21.6 Å². The third kappa shape index (κ3) is 4.14. The van der Waals surface area contributed by atoms with E-state index in [9.17, 15) is 9.59 Å². The molecule has 1 aliphatic heterocycles. The summed E-state index contributed by atoms with van der Waals surface area (Å²) in [5, 5.41) is 10.3. The number of hydrogen-bond donors (Lipinski definition) is 1. The Labute approximate surface area is 196 Å². The lowest BCUT2D eigenvalue weighted by atomic mass is 9.96. The molecule has 1 aliphatic rings. The molecule has 3 aromatic heterocycles. The Kier molecular flexibility index (Phi) is 5.68. The van der Waals surface area contributed by atoms with Crippen LogP contribution in [0.4, 0.5) is 5.69 Å². The summed E-state index contributed by atoms with van der Waals surface area (Å²) in [4.78, 5) is 34.2. The number of anilines is 1. The number of pyridine rings is 1. The average molecular weight is 460 g/mol. The van der Waals surface area contributed by atoms with Crippen molar-refractivity contribution in [3.05, 3.63) is 65.2 Å². The van der Waals surface area contributed by atoms with E-state index in [1.54, 1.807) is 20.9 Å². The van der Waals surface area contributed by atoms with Gasteiger partial charge in [0.2, 0.25) is 5.91 Å². The minimum atomic E-state index is -0.244. The maximum atomic E-state index is 13.8. The Bertz CT molecular complexity index is 1310. The highest BCUT2D eigenvalue weighted by Gasteiger charge is 2.31. The van der Waals surface area contributed by atoms with Crippen molar-refractivity contribution in [1.29, 1.82) is 0 Å². The average Bonchev–Trinajstić information content (AvgIpc) is 3.47. The highest BCUT2D eigenvalue weighted by molar-refractivity contribution is 7.13. The van der Waals surface area contributed by atoms with E-state index in [4.69, 9.17) is 4.98 Å². The van der Waals surface area contributed by atoms with Crippen LogP contribution in [0.2, 0.25) is 0 Å². The number of aryl methyl sites for hydroxylation is 2. The molecular weight excluding hydrogens is 434 g/mol. The number of nitrogens with zero attached hydrogens (tertiary/aromatic N) is 4. The van der Waals surface area contributed by atoms with Gasteiger partial charge in [-0.05, 0) is 49.4 Å². The molecule has 5 rings (SSSR count). The molecular formula is C25H25N5O2S. The van der Waals surface area contributed by atoms with Crippen molar-refractivity contribution in [2.24, 2.45) is 13.0 Å². The monoisotopic (exact) mass is 459 g/mol. The number of piperidine rings is 1. The minimum absolute atomic E-state index is 0.0459. The molecule has 0 aliphatic carbocycles. The number of para-hydroxylation sites is 1. The molecule has 8 heteroatoms. The number of benzene rings is 1. The molecule has 2 amide bonds. The molecule has 1 saturated heterocycles. The Morgan fingerprint density at radius 3 is 2.73 bits per heavy atom. The number of nitrogens with one attached hydrogen (secondary N) is 1. The van der Waals surface area contributed by atoms with Gasteiger partial charge < -0.3 is 10.2 Å². The van der Waals surface area contributed by atoms with Crippen LogP contribution in [0.5, 0.6) is 0 Å². The van der Waals surface area contributed by atoms with Crippen LogP contribution in [-0.4, -0.2) is 44.6 Å². The molecule has 0 bridgehead atoms. The van der Waals surface area contributed by atoms with Crippen LogP contribution in [-0.2, 0) is 11.8 Å². The summed E-state index contributed by atoms with van der Waals surface area (Å²) in [5.41, 5.74) is 3.60. The normalized spacial score (nSPS) is 16.2. The molecule has 0 radical (unpaired) electrons. The lowest BCUT2D eigenvalue weighted by Gasteiger charge is -2.32. The van der Waals surface area contributed by atoms with Crippen LogP contribution in [0.3, 0.4) is 0 Å². The Balaban J connectivity index is 1.45. The molecule has 1 N–H and O–H groups in total. The lowest BCUT2D eigenvalue weighted by Crippen LogP contribution is -2.43. The van der Waals surface area contributed by atoms with E-state index in [0.717, 1.165) is 40.2 Å². The van der Waals surface area contributed by atoms with Gasteiger partial charge in [0, 0.05) is 25.8 Å². The molecule has 1 aromatic carbocycles. The zero-order valence-electron chi connectivity index (χ0n) is 18.6. The van der Waals surface area contributed by atoms with E-state index >= 15 is 0 Å². The van der Waals surface area contributed by atoms with Gasteiger partial charge in [0.1, 0.15) is 0 Å². The number of likely N-dealkylation sites (tertiary alicyclic amines) is 1. The van der Waals surface area contributed by atoms with Crippen molar-refractivity contribution in [3.8, 4) is 10.6 Å². The van der Waals surface area contributed by atoms with Crippen molar-refractivity contribution in [1.82, 2.24) is 19.7 Å². The van der Waals surface area contributed by atoms with Crippen molar-refractivity contribution in [3.63, 3.8) is 0 Å². The lowest BCUT2D eigenvalue weighted by molar-refractivity contribution is -0.121. The Hall–Kier alpha value is -3.52. The second kappa shape index (κ2) is 8.78. The number of carbonyl (C=O) groups is 2. The van der Waals surface area contributed by atoms with Gasteiger partial charge in [-0.2, -0.15) is 5.10 Å². The molecule has 1 unspecified atom stereocenters. The van der Waals surface area contributed by atoms with E-state index in [2.05, 4.69) is 10.4 Å². The van der Waals surface area contributed by atoms with Crippen molar-refractivity contribution >= 4 is 39.9 Å². The Morgan fingerprint density at radius 2 is 1.97 bits per heavy atom. The van der Waals surface area contributed by atoms with Gasteiger partial charge in [0.15, 0.2) is 5.65 Å². The van der Waals surface area contributed by atoms with E-state index in [1.165, 1.54) is 0 Å². The van der Waals surface area contributed by atoms with Gasteiger partial charge in [-0.15, -0.1) is 11.3 Å². The summed E-state index contributed by atoms with van der Waals surface area (Å²) in [7, 11) is 1.85. The van der Waals surface area contributed by atoms with Crippen LogP contribution in [0, 0.1) is 12.8 Å². The number of thiophene rings is 1. The van der Waals surface area contributed by atoms with Crippen molar-refractivity contribution in [2.45, 2.75) is 19.8 Å². The van der Waals surface area contributed by atoms with Gasteiger partial charge in [-0.3, -0.25) is 14.3 Å². The smallest absolute Gasteiger partial charge is 0.254 e. The number of fused-ring (bicyclic) bond motifs is 1. The molecule has 1 atom stereocenters. The Morgan fingerprint density at radius 1 is 1.15 bits per heavy atom. The molecule has 4 heterocycles. The van der Waals surface area contributed by atoms with Crippen LogP contribution < -0.4 is 5.32 Å². The highest BCUT2D eigenvalue weighted by Crippen LogP contribution is 2.31. The summed E-state index contributed by atoms with van der Waals surface area (Å²) < 4.78 is 1.73. The topological polar surface area (TPSA) is 80.1 Å². The molecule has 7 nitrogen and oxygen atoms in total. The van der Waals surface area contributed by atoms with Gasteiger partial charge >= 0.3 is 0 Å². The fourth-order valence-corrected chi connectivity index (χ4v) is 5.16. The van der Waals surface area contributed by atoms with Crippen LogP contribution >= 0.6 is 11.3 Å². The van der Waals surface area contributed by atoms with Gasteiger partial charge in [-0.25, -0.2) is 4.98 Å². The maximum absolute atomic E-state index is 13.8. The first-order valence-electron chi connectivity index (χ1n) is 11.0. The van der Waals surface area contributed by atoms with E-state index in [0.29, 0.717) is 24.3 Å². The fourth-order valence-electron chi connectivity index (χ4n) is 4.48. The second-order valence-corrected chi connectivity index (χ2v) is 9.33. The zero-order valence-corrected chi connectivity index (χ0v) is 19.4. The standard InChI is InChI=1S/C25H25N5O2S/c1-16-22-19(14-20(21-11-7-13-33-21)27-23(22)29(2)28-16)25(32)30-12-6-8-17(15-30)24(31)26-18-9-4-3-5-10-18/h3-5,7,9-11,13-14,17H,6,8,12,15H2,1-2H3,(H,26,31). The molecule has 4 aromatic rings.